The Morgan fingerprint density at radius 2 is 1.85 bits per heavy atom. The highest BCUT2D eigenvalue weighted by Gasteiger charge is 2.21. The molecule has 0 aliphatic carbocycles. The third-order valence-corrected chi connectivity index (χ3v) is 5.63. The minimum absolute atomic E-state index is 0.00662. The van der Waals surface area contributed by atoms with E-state index in [4.69, 9.17) is 28.0 Å². The summed E-state index contributed by atoms with van der Waals surface area (Å²) in [6.07, 6.45) is -0.786. The molecule has 4 rings (SSSR count). The van der Waals surface area contributed by atoms with Gasteiger partial charge in [-0.3, -0.25) is 20.4 Å². The van der Waals surface area contributed by atoms with E-state index in [1.165, 1.54) is 18.2 Å². The number of non-ortho nitro benzene ring substituents is 1. The Hall–Kier alpha value is -3.95. The molecule has 9 nitrogen and oxygen atoms in total. The van der Waals surface area contributed by atoms with Crippen molar-refractivity contribution in [1.82, 2.24) is 5.48 Å². The van der Waals surface area contributed by atoms with Crippen LogP contribution in [0.1, 0.15) is 16.7 Å². The second-order valence-corrected chi connectivity index (χ2v) is 8.06. The van der Waals surface area contributed by atoms with Crippen molar-refractivity contribution in [3.63, 3.8) is 0 Å². The topological polar surface area (TPSA) is 118 Å². The van der Waals surface area contributed by atoms with Gasteiger partial charge in [0.2, 0.25) is 0 Å². The van der Waals surface area contributed by atoms with Gasteiger partial charge in [-0.1, -0.05) is 47.5 Å². The molecule has 1 amide bonds. The van der Waals surface area contributed by atoms with E-state index in [9.17, 15) is 14.9 Å². The van der Waals surface area contributed by atoms with E-state index >= 15 is 0 Å². The standard InChI is InChI=1S/C23H17Cl2N5O4/c1-13-6-7-14(10-19(13)25)27-23(31)34-29-21-12-26-22(16-4-2-3-5-18(16)24)17-11-15(30(32)33)8-9-20(17)28-21/h2-11H,12H2,1H3,(H,27,31)(H,28,29). The van der Waals surface area contributed by atoms with Crippen LogP contribution in [-0.2, 0) is 4.84 Å². The number of nitro benzene ring substituents is 1. The summed E-state index contributed by atoms with van der Waals surface area (Å²) in [5.41, 5.74) is 5.58. The number of hydroxylamine groups is 1. The highest BCUT2D eigenvalue weighted by molar-refractivity contribution is 6.36. The van der Waals surface area contributed by atoms with Gasteiger partial charge in [-0.25, -0.2) is 15.3 Å². The van der Waals surface area contributed by atoms with Crippen molar-refractivity contribution in [1.29, 1.82) is 0 Å². The maximum Gasteiger partial charge on any atom is 0.435 e. The smallest absolute Gasteiger partial charge is 0.323 e. The maximum absolute atomic E-state index is 12.2. The second kappa shape index (κ2) is 9.90. The number of nitro groups is 1. The van der Waals surface area contributed by atoms with Gasteiger partial charge in [0.1, 0.15) is 6.54 Å². The molecular formula is C23H17Cl2N5O4. The number of anilines is 1. The lowest BCUT2D eigenvalue weighted by molar-refractivity contribution is -0.384. The Morgan fingerprint density at radius 3 is 2.59 bits per heavy atom. The van der Waals surface area contributed by atoms with E-state index in [0.717, 1.165) is 5.56 Å². The van der Waals surface area contributed by atoms with Gasteiger partial charge in [-0.05, 0) is 36.8 Å². The van der Waals surface area contributed by atoms with Crippen LogP contribution in [0.25, 0.3) is 0 Å². The maximum atomic E-state index is 12.2. The Morgan fingerprint density at radius 1 is 1.06 bits per heavy atom. The van der Waals surface area contributed by atoms with E-state index in [1.54, 1.807) is 42.5 Å². The minimum atomic E-state index is -0.786. The Balaban J connectivity index is 1.59. The molecule has 0 saturated carbocycles. The van der Waals surface area contributed by atoms with Crippen LogP contribution in [0.5, 0.6) is 0 Å². The van der Waals surface area contributed by atoms with Gasteiger partial charge in [-0.15, -0.1) is 0 Å². The van der Waals surface area contributed by atoms with Crippen molar-refractivity contribution >= 4 is 57.9 Å². The molecule has 34 heavy (non-hydrogen) atoms. The first-order chi connectivity index (χ1) is 16.3. The number of hydrogen-bond donors (Lipinski definition) is 2. The number of nitrogens with one attached hydrogen (secondary N) is 2. The summed E-state index contributed by atoms with van der Waals surface area (Å²) in [7, 11) is 0. The SMILES string of the molecule is Cc1ccc(NC(=O)ONC2=Nc3ccc([N+](=O)[O-])cc3C(c3ccccc3Cl)=NC2)cc1Cl. The van der Waals surface area contributed by atoms with Gasteiger partial charge in [0, 0.05) is 39.0 Å². The summed E-state index contributed by atoms with van der Waals surface area (Å²) in [6.45, 7) is 1.85. The minimum Gasteiger partial charge on any atom is -0.323 e. The molecule has 0 spiro atoms. The largest absolute Gasteiger partial charge is 0.435 e. The molecule has 172 valence electrons. The first-order valence-corrected chi connectivity index (χ1v) is 10.7. The van der Waals surface area contributed by atoms with Crippen molar-refractivity contribution in [3.8, 4) is 0 Å². The molecule has 0 aromatic heterocycles. The number of rotatable bonds is 3. The predicted octanol–water partition coefficient (Wildman–Crippen LogP) is 5.84. The number of aryl methyl sites for hydroxylation is 1. The van der Waals surface area contributed by atoms with Crippen molar-refractivity contribution in [2.75, 3.05) is 11.9 Å². The number of fused-ring (bicyclic) bond motifs is 1. The van der Waals surface area contributed by atoms with Gasteiger partial charge in [-0.2, -0.15) is 0 Å². The third-order valence-electron chi connectivity index (χ3n) is 4.90. The summed E-state index contributed by atoms with van der Waals surface area (Å²) in [5.74, 6) is 0.217. The zero-order chi connectivity index (χ0) is 24.2. The summed E-state index contributed by atoms with van der Waals surface area (Å²) >= 11 is 12.4. The van der Waals surface area contributed by atoms with Crippen LogP contribution in [-0.4, -0.2) is 29.1 Å². The number of amidine groups is 1. The first-order valence-electron chi connectivity index (χ1n) is 9.97. The third kappa shape index (κ3) is 5.16. The zero-order valence-electron chi connectivity index (χ0n) is 17.7. The van der Waals surface area contributed by atoms with Crippen LogP contribution in [0.15, 0.2) is 70.6 Å². The number of benzene rings is 3. The van der Waals surface area contributed by atoms with Gasteiger partial charge < -0.3 is 4.84 Å². The molecule has 11 heteroatoms. The van der Waals surface area contributed by atoms with Gasteiger partial charge in [0.25, 0.3) is 5.69 Å². The van der Waals surface area contributed by atoms with E-state index < -0.39 is 11.0 Å². The average Bonchev–Trinajstić information content (AvgIpc) is 2.99. The van der Waals surface area contributed by atoms with Crippen LogP contribution in [0.3, 0.4) is 0 Å². The fourth-order valence-electron chi connectivity index (χ4n) is 3.20. The summed E-state index contributed by atoms with van der Waals surface area (Å²) in [6, 6.07) is 16.3. The second-order valence-electron chi connectivity index (χ2n) is 7.24. The number of carbonyl (C=O) groups excluding carboxylic acids is 1. The van der Waals surface area contributed by atoms with E-state index in [2.05, 4.69) is 20.8 Å². The first kappa shape index (κ1) is 23.2. The monoisotopic (exact) mass is 497 g/mol. The van der Waals surface area contributed by atoms with Crippen molar-refractivity contribution < 1.29 is 14.6 Å². The fourth-order valence-corrected chi connectivity index (χ4v) is 3.61. The molecule has 1 aliphatic rings. The Bertz CT molecular complexity index is 1360. The number of carbonyl (C=O) groups is 1. The molecule has 0 atom stereocenters. The molecule has 3 aromatic carbocycles. The summed E-state index contributed by atoms with van der Waals surface area (Å²) < 4.78 is 0. The predicted molar refractivity (Wildman–Crippen MR) is 132 cm³/mol. The molecule has 2 N–H and O–H groups in total. The molecule has 1 heterocycles. The van der Waals surface area contributed by atoms with E-state index in [1.807, 2.05) is 6.92 Å². The van der Waals surface area contributed by atoms with E-state index in [-0.39, 0.29) is 18.1 Å². The van der Waals surface area contributed by atoms with Crippen molar-refractivity contribution in [3.05, 3.63) is 97.5 Å². The van der Waals surface area contributed by atoms with Crippen LogP contribution in [0, 0.1) is 17.0 Å². The number of hydrogen-bond acceptors (Lipinski definition) is 7. The molecule has 0 unspecified atom stereocenters. The molecule has 0 fully saturated rings. The number of nitrogens with zero attached hydrogens (tertiary/aromatic N) is 3. The molecule has 3 aromatic rings. The van der Waals surface area contributed by atoms with E-state index in [0.29, 0.717) is 38.3 Å². The summed E-state index contributed by atoms with van der Waals surface area (Å²) in [4.78, 5) is 37.1. The lowest BCUT2D eigenvalue weighted by Crippen LogP contribution is -2.31. The van der Waals surface area contributed by atoms with Gasteiger partial charge in [0.05, 0.1) is 16.3 Å². The number of aliphatic imine (C=N–C) groups is 2. The Labute approximate surface area is 204 Å². The van der Waals surface area contributed by atoms with Crippen molar-refractivity contribution in [2.24, 2.45) is 9.98 Å². The average molecular weight is 498 g/mol. The quantitative estimate of drug-likeness (QED) is 0.347. The van der Waals surface area contributed by atoms with Crippen LogP contribution >= 0.6 is 23.2 Å². The number of amides is 1. The van der Waals surface area contributed by atoms with Gasteiger partial charge in [0.15, 0.2) is 5.84 Å². The van der Waals surface area contributed by atoms with Crippen LogP contribution in [0.4, 0.5) is 21.9 Å². The normalized spacial score (nSPS) is 12.6. The molecule has 0 bridgehead atoms. The highest BCUT2D eigenvalue weighted by Crippen LogP contribution is 2.31. The number of halogens is 2. The molecular weight excluding hydrogens is 481 g/mol. The fraction of sp³-hybridized carbons (Fsp3) is 0.0870. The van der Waals surface area contributed by atoms with Crippen LogP contribution < -0.4 is 10.8 Å². The van der Waals surface area contributed by atoms with Crippen molar-refractivity contribution in [2.45, 2.75) is 6.92 Å². The highest BCUT2D eigenvalue weighted by atomic mass is 35.5. The molecule has 0 radical (unpaired) electrons. The lowest BCUT2D eigenvalue weighted by Gasteiger charge is -2.09. The van der Waals surface area contributed by atoms with Gasteiger partial charge >= 0.3 is 6.09 Å². The zero-order valence-corrected chi connectivity index (χ0v) is 19.2. The summed E-state index contributed by atoms with van der Waals surface area (Å²) in [5, 5.41) is 14.8. The Kier molecular flexibility index (Phi) is 6.76. The lowest BCUT2D eigenvalue weighted by atomic mass is 10.00. The van der Waals surface area contributed by atoms with Crippen LogP contribution in [0.2, 0.25) is 10.0 Å². The molecule has 0 saturated heterocycles. The molecule has 1 aliphatic heterocycles.